The highest BCUT2D eigenvalue weighted by Gasteiger charge is 2.30. The minimum atomic E-state index is -0.0512. The number of likely N-dealkylation sites (N-methyl/N-ethyl adjacent to an activating group) is 1. The third-order valence-corrected chi connectivity index (χ3v) is 5.73. The Bertz CT molecular complexity index is 814. The standard InChI is InChI=1S/C25H36N4O2/c1-4-27-18-21-19-28(3)15-16-29(25(21)30)22-11-8-12-23(17-22)31-24(13-14-26-2)20-9-6-5-7-10-20/h5-12,17,21,24,26-27H,4,13-16,18-19H2,1-3H3/t21-,24?/m0/s1. The lowest BCUT2D eigenvalue weighted by Gasteiger charge is -2.25. The fourth-order valence-corrected chi connectivity index (χ4v) is 4.00. The van der Waals surface area contributed by atoms with Crippen molar-refractivity contribution in [3.8, 4) is 5.75 Å². The van der Waals surface area contributed by atoms with Crippen molar-refractivity contribution in [2.45, 2.75) is 19.4 Å². The van der Waals surface area contributed by atoms with Gasteiger partial charge in [0.15, 0.2) is 0 Å². The predicted octanol–water partition coefficient (Wildman–Crippen LogP) is 2.92. The number of benzene rings is 2. The Kier molecular flexibility index (Phi) is 8.88. The maximum Gasteiger partial charge on any atom is 0.232 e. The number of amides is 1. The first-order valence-corrected chi connectivity index (χ1v) is 11.3. The molecule has 1 aliphatic rings. The quantitative estimate of drug-likeness (QED) is 0.614. The fourth-order valence-electron chi connectivity index (χ4n) is 4.00. The first-order chi connectivity index (χ1) is 15.1. The molecular weight excluding hydrogens is 388 g/mol. The zero-order valence-electron chi connectivity index (χ0n) is 19.0. The molecule has 0 radical (unpaired) electrons. The van der Waals surface area contributed by atoms with Crippen LogP contribution in [-0.4, -0.2) is 64.2 Å². The van der Waals surface area contributed by atoms with Crippen molar-refractivity contribution in [1.29, 1.82) is 0 Å². The molecule has 0 aliphatic carbocycles. The smallest absolute Gasteiger partial charge is 0.232 e. The lowest BCUT2D eigenvalue weighted by Crippen LogP contribution is -2.41. The number of carbonyl (C=O) groups excluding carboxylic acids is 1. The number of hydrogen-bond acceptors (Lipinski definition) is 5. The maximum absolute atomic E-state index is 13.3. The summed E-state index contributed by atoms with van der Waals surface area (Å²) in [4.78, 5) is 17.5. The topological polar surface area (TPSA) is 56.8 Å². The van der Waals surface area contributed by atoms with E-state index in [1.807, 2.05) is 54.4 Å². The van der Waals surface area contributed by atoms with Gasteiger partial charge in [-0.25, -0.2) is 0 Å². The Morgan fingerprint density at radius 3 is 2.68 bits per heavy atom. The summed E-state index contributed by atoms with van der Waals surface area (Å²) in [5.41, 5.74) is 2.06. The highest BCUT2D eigenvalue weighted by molar-refractivity contribution is 5.95. The molecule has 6 nitrogen and oxygen atoms in total. The van der Waals surface area contributed by atoms with Gasteiger partial charge in [0, 0.05) is 44.4 Å². The van der Waals surface area contributed by atoms with Crippen molar-refractivity contribution in [1.82, 2.24) is 15.5 Å². The number of nitrogens with one attached hydrogen (secondary N) is 2. The van der Waals surface area contributed by atoms with Gasteiger partial charge in [-0.3, -0.25) is 4.79 Å². The summed E-state index contributed by atoms with van der Waals surface area (Å²) >= 11 is 0. The Morgan fingerprint density at radius 1 is 1.13 bits per heavy atom. The average molecular weight is 425 g/mol. The molecule has 1 aliphatic heterocycles. The maximum atomic E-state index is 13.3. The van der Waals surface area contributed by atoms with E-state index in [0.717, 1.165) is 49.6 Å². The summed E-state index contributed by atoms with van der Waals surface area (Å²) in [6.45, 7) is 6.82. The van der Waals surface area contributed by atoms with Crippen LogP contribution in [0.4, 0.5) is 5.69 Å². The number of anilines is 1. The van der Waals surface area contributed by atoms with Crippen molar-refractivity contribution < 1.29 is 9.53 Å². The molecule has 2 N–H and O–H groups in total. The van der Waals surface area contributed by atoms with Gasteiger partial charge in [-0.05, 0) is 44.9 Å². The first kappa shape index (κ1) is 23.3. The third-order valence-electron chi connectivity index (χ3n) is 5.73. The van der Waals surface area contributed by atoms with E-state index < -0.39 is 0 Å². The van der Waals surface area contributed by atoms with E-state index >= 15 is 0 Å². The summed E-state index contributed by atoms with van der Waals surface area (Å²) in [7, 11) is 4.04. The molecule has 3 rings (SSSR count). The van der Waals surface area contributed by atoms with Crippen molar-refractivity contribution in [3.63, 3.8) is 0 Å². The summed E-state index contributed by atoms with van der Waals surface area (Å²) < 4.78 is 6.41. The van der Waals surface area contributed by atoms with Crippen LogP contribution in [0.1, 0.15) is 25.0 Å². The number of carbonyl (C=O) groups is 1. The van der Waals surface area contributed by atoms with Crippen molar-refractivity contribution >= 4 is 11.6 Å². The molecule has 2 aromatic rings. The summed E-state index contributed by atoms with van der Waals surface area (Å²) in [5, 5.41) is 6.55. The average Bonchev–Trinajstić information content (AvgIpc) is 2.94. The molecule has 0 aromatic heterocycles. The van der Waals surface area contributed by atoms with Crippen LogP contribution in [0, 0.1) is 5.92 Å². The zero-order valence-corrected chi connectivity index (χ0v) is 19.0. The molecule has 6 heteroatoms. The van der Waals surface area contributed by atoms with Gasteiger partial charge in [0.2, 0.25) is 5.91 Å². The van der Waals surface area contributed by atoms with E-state index in [1.165, 1.54) is 0 Å². The zero-order chi connectivity index (χ0) is 22.1. The van der Waals surface area contributed by atoms with Crippen molar-refractivity contribution in [2.24, 2.45) is 5.92 Å². The number of rotatable bonds is 10. The van der Waals surface area contributed by atoms with Crippen LogP contribution in [0.3, 0.4) is 0 Å². The molecule has 168 valence electrons. The molecule has 31 heavy (non-hydrogen) atoms. The molecule has 0 spiro atoms. The van der Waals surface area contributed by atoms with Gasteiger partial charge in [0.25, 0.3) is 0 Å². The van der Waals surface area contributed by atoms with Crippen LogP contribution >= 0.6 is 0 Å². The lowest BCUT2D eigenvalue weighted by atomic mass is 10.1. The molecule has 0 saturated carbocycles. The summed E-state index contributed by atoms with van der Waals surface area (Å²) in [6, 6.07) is 18.3. The minimum absolute atomic E-state index is 0.0450. The van der Waals surface area contributed by atoms with Gasteiger partial charge in [-0.2, -0.15) is 0 Å². The van der Waals surface area contributed by atoms with E-state index in [9.17, 15) is 4.79 Å². The van der Waals surface area contributed by atoms with Crippen LogP contribution in [0.2, 0.25) is 0 Å². The van der Waals surface area contributed by atoms with Crippen LogP contribution in [-0.2, 0) is 4.79 Å². The monoisotopic (exact) mass is 424 g/mol. The van der Waals surface area contributed by atoms with Crippen LogP contribution in [0.25, 0.3) is 0 Å². The molecule has 1 amide bonds. The number of hydrogen-bond donors (Lipinski definition) is 2. The SMILES string of the molecule is CCNC[C@H]1CN(C)CCN(c2cccc(OC(CCNC)c3ccccc3)c2)C1=O. The Labute approximate surface area is 186 Å². The lowest BCUT2D eigenvalue weighted by molar-refractivity contribution is -0.122. The van der Waals surface area contributed by atoms with E-state index in [1.54, 1.807) is 0 Å². The Morgan fingerprint density at radius 2 is 1.94 bits per heavy atom. The van der Waals surface area contributed by atoms with Gasteiger partial charge in [0.05, 0.1) is 5.92 Å². The van der Waals surface area contributed by atoms with Gasteiger partial charge in [0.1, 0.15) is 11.9 Å². The minimum Gasteiger partial charge on any atom is -0.486 e. The summed E-state index contributed by atoms with van der Waals surface area (Å²) in [5.74, 6) is 0.915. The predicted molar refractivity (Wildman–Crippen MR) is 127 cm³/mol. The van der Waals surface area contributed by atoms with E-state index in [-0.39, 0.29) is 17.9 Å². The van der Waals surface area contributed by atoms with E-state index in [4.69, 9.17) is 4.74 Å². The number of nitrogens with zero attached hydrogens (tertiary/aromatic N) is 2. The molecule has 1 heterocycles. The van der Waals surface area contributed by atoms with Gasteiger partial charge < -0.3 is 25.2 Å². The normalized spacial score (nSPS) is 18.6. The summed E-state index contributed by atoms with van der Waals surface area (Å²) in [6.07, 6.45) is 0.819. The van der Waals surface area contributed by atoms with Gasteiger partial charge >= 0.3 is 0 Å². The van der Waals surface area contributed by atoms with E-state index in [2.05, 4.69) is 41.6 Å². The van der Waals surface area contributed by atoms with Gasteiger partial charge in [-0.15, -0.1) is 0 Å². The Hall–Kier alpha value is -2.41. The molecule has 2 aromatic carbocycles. The van der Waals surface area contributed by atoms with Crippen molar-refractivity contribution in [2.75, 3.05) is 58.3 Å². The molecule has 1 fully saturated rings. The van der Waals surface area contributed by atoms with E-state index in [0.29, 0.717) is 13.1 Å². The fraction of sp³-hybridized carbons (Fsp3) is 0.480. The molecule has 2 atom stereocenters. The second kappa shape index (κ2) is 11.8. The van der Waals surface area contributed by atoms with Crippen LogP contribution in [0.5, 0.6) is 5.75 Å². The number of ether oxygens (including phenoxy) is 1. The highest BCUT2D eigenvalue weighted by Crippen LogP contribution is 2.29. The molecule has 0 bridgehead atoms. The molecule has 1 unspecified atom stereocenters. The van der Waals surface area contributed by atoms with Crippen LogP contribution < -0.4 is 20.3 Å². The Balaban J connectivity index is 1.79. The van der Waals surface area contributed by atoms with Crippen molar-refractivity contribution in [3.05, 3.63) is 60.2 Å². The largest absolute Gasteiger partial charge is 0.486 e. The van der Waals surface area contributed by atoms with Gasteiger partial charge in [-0.1, -0.05) is 43.3 Å². The van der Waals surface area contributed by atoms with Crippen LogP contribution in [0.15, 0.2) is 54.6 Å². The molecule has 1 saturated heterocycles. The first-order valence-electron chi connectivity index (χ1n) is 11.3. The second-order valence-electron chi connectivity index (χ2n) is 8.16. The highest BCUT2D eigenvalue weighted by atomic mass is 16.5. The third kappa shape index (κ3) is 6.53. The molecular formula is C25H36N4O2. The second-order valence-corrected chi connectivity index (χ2v) is 8.16.